The maximum atomic E-state index is 13.0. The average Bonchev–Trinajstić information content (AvgIpc) is 3.17. The molecule has 0 atom stereocenters. The third-order valence-electron chi connectivity index (χ3n) is 5.00. The zero-order valence-corrected chi connectivity index (χ0v) is 17.5. The normalized spacial score (nSPS) is 14.6. The minimum atomic E-state index is -3.50. The summed E-state index contributed by atoms with van der Waals surface area (Å²) in [6.07, 6.45) is 1.52. The number of sulfonamides is 1. The van der Waals surface area contributed by atoms with Crippen molar-refractivity contribution < 1.29 is 13.2 Å². The van der Waals surface area contributed by atoms with Gasteiger partial charge in [-0.25, -0.2) is 13.4 Å². The Labute approximate surface area is 169 Å². The van der Waals surface area contributed by atoms with Gasteiger partial charge in [0.05, 0.1) is 24.2 Å². The quantitative estimate of drug-likeness (QED) is 0.630. The molecule has 0 bridgehead atoms. The van der Waals surface area contributed by atoms with Gasteiger partial charge in [-0.2, -0.15) is 4.31 Å². The Morgan fingerprint density at radius 2 is 1.82 bits per heavy atom. The van der Waals surface area contributed by atoms with Crippen LogP contribution in [0.5, 0.6) is 5.75 Å². The predicted molar refractivity (Wildman–Crippen MR) is 111 cm³/mol. The lowest BCUT2D eigenvalue weighted by molar-refractivity contribution is 0.393. The maximum absolute atomic E-state index is 13.0. The van der Waals surface area contributed by atoms with Crippen molar-refractivity contribution in [2.24, 2.45) is 0 Å². The van der Waals surface area contributed by atoms with Gasteiger partial charge in [0.1, 0.15) is 10.8 Å². The van der Waals surface area contributed by atoms with Crippen LogP contribution in [-0.4, -0.2) is 31.4 Å². The smallest absolute Gasteiger partial charge is 0.243 e. The van der Waals surface area contributed by atoms with Crippen LogP contribution in [0.4, 0.5) is 0 Å². The fraction of sp³-hybridized carbons (Fsp3) is 0.286. The highest BCUT2D eigenvalue weighted by Crippen LogP contribution is 2.34. The molecular formula is C21H22N2O3S2. The monoisotopic (exact) mass is 414 g/mol. The summed E-state index contributed by atoms with van der Waals surface area (Å²) in [7, 11) is -1.86. The molecular weight excluding hydrogens is 392 g/mol. The number of fused-ring (bicyclic) bond motifs is 1. The number of ether oxygens (including phenoxy) is 1. The molecule has 4 rings (SSSR count). The molecule has 2 aromatic carbocycles. The molecule has 2 heterocycles. The third-order valence-corrected chi connectivity index (χ3v) is 7.99. The van der Waals surface area contributed by atoms with Gasteiger partial charge in [-0.05, 0) is 48.4 Å². The second kappa shape index (κ2) is 7.66. The number of hydrogen-bond donors (Lipinski definition) is 0. The van der Waals surface area contributed by atoms with Crippen molar-refractivity contribution in [1.82, 2.24) is 9.29 Å². The number of aryl methyl sites for hydroxylation is 1. The van der Waals surface area contributed by atoms with Gasteiger partial charge in [0.15, 0.2) is 0 Å². The van der Waals surface area contributed by atoms with Crippen molar-refractivity contribution in [3.8, 4) is 16.3 Å². The fourth-order valence-corrected chi connectivity index (χ4v) is 5.90. The zero-order valence-electron chi connectivity index (χ0n) is 15.9. The Morgan fingerprint density at radius 3 is 2.46 bits per heavy atom. The van der Waals surface area contributed by atoms with Crippen molar-refractivity contribution in [1.29, 1.82) is 0 Å². The SMILES string of the molecule is CCc1ccc(S(=O)(=O)N2CCc3nc(-c4ccc(OC)cc4)sc3C2)cc1. The first-order valence-corrected chi connectivity index (χ1v) is 11.5. The van der Waals surface area contributed by atoms with Crippen LogP contribution in [0.15, 0.2) is 53.4 Å². The summed E-state index contributed by atoms with van der Waals surface area (Å²) in [5, 5.41) is 0.916. The Balaban J connectivity index is 1.58. The molecule has 0 N–H and O–H groups in total. The number of nitrogens with zero attached hydrogens (tertiary/aromatic N) is 2. The molecule has 3 aromatic rings. The first-order valence-electron chi connectivity index (χ1n) is 9.23. The highest BCUT2D eigenvalue weighted by atomic mass is 32.2. The van der Waals surface area contributed by atoms with Gasteiger partial charge in [-0.3, -0.25) is 0 Å². The van der Waals surface area contributed by atoms with Crippen LogP contribution >= 0.6 is 11.3 Å². The number of aromatic nitrogens is 1. The summed E-state index contributed by atoms with van der Waals surface area (Å²) >= 11 is 1.56. The molecule has 0 saturated carbocycles. The molecule has 28 heavy (non-hydrogen) atoms. The molecule has 1 aliphatic rings. The van der Waals surface area contributed by atoms with Crippen LogP contribution in [0.2, 0.25) is 0 Å². The van der Waals surface area contributed by atoms with E-state index in [0.29, 0.717) is 24.4 Å². The molecule has 7 heteroatoms. The number of thiazole rings is 1. The van der Waals surface area contributed by atoms with E-state index in [-0.39, 0.29) is 0 Å². The first kappa shape index (κ1) is 19.1. The summed E-state index contributed by atoms with van der Waals surface area (Å²) in [6.45, 7) is 2.89. The molecule has 5 nitrogen and oxygen atoms in total. The molecule has 1 aromatic heterocycles. The van der Waals surface area contributed by atoms with Gasteiger partial charge in [-0.15, -0.1) is 11.3 Å². The van der Waals surface area contributed by atoms with E-state index in [4.69, 9.17) is 9.72 Å². The van der Waals surface area contributed by atoms with Crippen LogP contribution in [-0.2, 0) is 29.4 Å². The van der Waals surface area contributed by atoms with Crippen molar-refractivity contribution >= 4 is 21.4 Å². The second-order valence-electron chi connectivity index (χ2n) is 6.70. The molecule has 0 spiro atoms. The summed E-state index contributed by atoms with van der Waals surface area (Å²) in [5.74, 6) is 0.802. The van der Waals surface area contributed by atoms with Crippen LogP contribution in [0.25, 0.3) is 10.6 Å². The molecule has 0 radical (unpaired) electrons. The molecule has 0 fully saturated rings. The maximum Gasteiger partial charge on any atom is 0.243 e. The van der Waals surface area contributed by atoms with Gasteiger partial charge < -0.3 is 4.74 Å². The predicted octanol–water partition coefficient (Wildman–Crippen LogP) is 4.13. The first-order chi connectivity index (χ1) is 13.5. The molecule has 146 valence electrons. The zero-order chi connectivity index (χ0) is 19.7. The van der Waals surface area contributed by atoms with Crippen LogP contribution in [0.3, 0.4) is 0 Å². The highest BCUT2D eigenvalue weighted by Gasteiger charge is 2.30. The van der Waals surface area contributed by atoms with E-state index in [9.17, 15) is 8.42 Å². The molecule has 0 saturated heterocycles. The van der Waals surface area contributed by atoms with E-state index in [0.717, 1.165) is 38.9 Å². The molecule has 1 aliphatic heterocycles. The van der Waals surface area contributed by atoms with E-state index in [2.05, 4.69) is 6.92 Å². The van der Waals surface area contributed by atoms with Gasteiger partial charge in [0, 0.05) is 23.4 Å². The minimum absolute atomic E-state index is 0.355. The number of methoxy groups -OCH3 is 1. The molecule has 0 aliphatic carbocycles. The van der Waals surface area contributed by atoms with Crippen molar-refractivity contribution in [3.63, 3.8) is 0 Å². The van der Waals surface area contributed by atoms with Crippen molar-refractivity contribution in [2.75, 3.05) is 13.7 Å². The van der Waals surface area contributed by atoms with E-state index >= 15 is 0 Å². The molecule has 0 unspecified atom stereocenters. The number of hydrogen-bond acceptors (Lipinski definition) is 5. The van der Waals surface area contributed by atoms with Crippen LogP contribution in [0, 0.1) is 0 Å². The summed E-state index contributed by atoms with van der Waals surface area (Å²) in [5.41, 5.74) is 3.15. The molecule has 0 amide bonds. The van der Waals surface area contributed by atoms with Gasteiger partial charge in [-0.1, -0.05) is 19.1 Å². The fourth-order valence-electron chi connectivity index (χ4n) is 3.28. The Kier molecular flexibility index (Phi) is 5.23. The Hall–Kier alpha value is -2.22. The standard InChI is InChI=1S/C21H22N2O3S2/c1-3-15-4-10-18(11-5-15)28(24,25)23-13-12-19-20(14-23)27-21(22-19)16-6-8-17(26-2)9-7-16/h4-11H,3,12-14H2,1-2H3. The highest BCUT2D eigenvalue weighted by molar-refractivity contribution is 7.89. The van der Waals surface area contributed by atoms with E-state index < -0.39 is 10.0 Å². The van der Waals surface area contributed by atoms with E-state index in [1.54, 1.807) is 34.9 Å². The topological polar surface area (TPSA) is 59.5 Å². The lowest BCUT2D eigenvalue weighted by atomic mass is 10.2. The van der Waals surface area contributed by atoms with Crippen LogP contribution < -0.4 is 4.74 Å². The summed E-state index contributed by atoms with van der Waals surface area (Å²) in [4.78, 5) is 6.12. The second-order valence-corrected chi connectivity index (χ2v) is 9.73. The van der Waals surface area contributed by atoms with Crippen LogP contribution in [0.1, 0.15) is 23.1 Å². The Morgan fingerprint density at radius 1 is 1.11 bits per heavy atom. The minimum Gasteiger partial charge on any atom is -0.497 e. The summed E-state index contributed by atoms with van der Waals surface area (Å²) in [6, 6.07) is 15.0. The summed E-state index contributed by atoms with van der Waals surface area (Å²) < 4.78 is 32.8. The van der Waals surface area contributed by atoms with Gasteiger partial charge in [0.25, 0.3) is 0 Å². The Bertz CT molecular complexity index is 1070. The largest absolute Gasteiger partial charge is 0.497 e. The number of benzene rings is 2. The van der Waals surface area contributed by atoms with Crippen molar-refractivity contribution in [3.05, 3.63) is 64.7 Å². The van der Waals surface area contributed by atoms with Gasteiger partial charge >= 0.3 is 0 Å². The van der Waals surface area contributed by atoms with E-state index in [1.807, 2.05) is 36.4 Å². The third kappa shape index (κ3) is 3.57. The lowest BCUT2D eigenvalue weighted by Crippen LogP contribution is -2.35. The number of rotatable bonds is 5. The van der Waals surface area contributed by atoms with E-state index in [1.165, 1.54) is 0 Å². The van der Waals surface area contributed by atoms with Gasteiger partial charge in [0.2, 0.25) is 10.0 Å². The average molecular weight is 415 g/mol. The van der Waals surface area contributed by atoms with Crippen molar-refractivity contribution in [2.45, 2.75) is 31.2 Å². The lowest BCUT2D eigenvalue weighted by Gasteiger charge is -2.25.